The Labute approximate surface area is 529 Å². The lowest BCUT2D eigenvalue weighted by molar-refractivity contribution is -0.0788. The van der Waals surface area contributed by atoms with Gasteiger partial charge in [-0.15, -0.1) is 0 Å². The number of ether oxygens (including phenoxy) is 9. The SMILES string of the molecule is C=CCOc1c(OCc2ccccc2)cc(C(=O)OF)cc1OCc1ccccc1.CC.CC.c1ccc(COc2cc3c(c(OCc4ccccc4)c2)CCCO3)cc1.c1ccc(COc2cccc(OCc3ccccc3)c2OCc2ccccc2)cc1. The third kappa shape index (κ3) is 22.0. The molecule has 0 unspecified atom stereocenters. The van der Waals surface area contributed by atoms with E-state index < -0.39 is 5.97 Å². The molecule has 11 nitrogen and oxygen atoms in total. The van der Waals surface area contributed by atoms with Gasteiger partial charge in [-0.2, -0.15) is 0 Å². The number of hydrogen-bond donors (Lipinski definition) is 0. The average Bonchev–Trinajstić information content (AvgIpc) is 1.08. The van der Waals surface area contributed by atoms with E-state index in [1.54, 1.807) is 6.08 Å². The van der Waals surface area contributed by atoms with Crippen LogP contribution in [0.3, 0.4) is 0 Å². The maximum absolute atomic E-state index is 12.6. The molecule has 0 fully saturated rings. The monoisotopic (exact) mass is 1210 g/mol. The van der Waals surface area contributed by atoms with E-state index in [-0.39, 0.29) is 42.6 Å². The van der Waals surface area contributed by atoms with Crippen molar-refractivity contribution in [1.29, 1.82) is 0 Å². The number of carbonyl (C=O) groups excluding carboxylic acids is 1. The van der Waals surface area contributed by atoms with E-state index in [9.17, 15) is 9.32 Å². The zero-order chi connectivity index (χ0) is 63.2. The van der Waals surface area contributed by atoms with E-state index in [0.29, 0.717) is 50.3 Å². The Morgan fingerprint density at radius 2 is 0.733 bits per heavy atom. The molecule has 12 heteroatoms. The fourth-order valence-electron chi connectivity index (χ4n) is 8.86. The van der Waals surface area contributed by atoms with Gasteiger partial charge in [0.25, 0.3) is 0 Å². The summed E-state index contributed by atoms with van der Waals surface area (Å²) in [5.74, 6) is 4.06. The van der Waals surface area contributed by atoms with Crippen LogP contribution in [0.15, 0.2) is 267 Å². The predicted octanol–water partition coefficient (Wildman–Crippen LogP) is 19.1. The minimum Gasteiger partial charge on any atom is -0.493 e. The van der Waals surface area contributed by atoms with E-state index in [1.807, 2.05) is 246 Å². The molecule has 0 aromatic heterocycles. The fraction of sp³-hybridized carbons (Fsp3) is 0.192. The lowest BCUT2D eigenvalue weighted by atomic mass is 10.0. The quantitative estimate of drug-likeness (QED) is 0.0510. The summed E-state index contributed by atoms with van der Waals surface area (Å²) in [6.45, 7) is 15.5. The van der Waals surface area contributed by atoms with E-state index in [0.717, 1.165) is 81.2 Å². The van der Waals surface area contributed by atoms with Crippen molar-refractivity contribution in [3.63, 3.8) is 0 Å². The van der Waals surface area contributed by atoms with Gasteiger partial charge in [-0.3, -0.25) is 0 Å². The van der Waals surface area contributed by atoms with Crippen LogP contribution >= 0.6 is 0 Å². The normalized spacial score (nSPS) is 10.7. The minimum absolute atomic E-state index is 0.0606. The summed E-state index contributed by atoms with van der Waals surface area (Å²) in [5.41, 5.74) is 8.48. The first-order valence-electron chi connectivity index (χ1n) is 30.3. The van der Waals surface area contributed by atoms with Crippen LogP contribution in [0, 0.1) is 0 Å². The van der Waals surface area contributed by atoms with Crippen LogP contribution in [0.4, 0.5) is 4.53 Å². The summed E-state index contributed by atoms with van der Waals surface area (Å²) in [5, 5.41) is 0. The van der Waals surface area contributed by atoms with Gasteiger partial charge >= 0.3 is 5.97 Å². The molecular formula is C78H79FO11. The Balaban J connectivity index is 0.000000187. The first kappa shape index (κ1) is 67.1. The van der Waals surface area contributed by atoms with Gasteiger partial charge in [0, 0.05) is 22.2 Å². The van der Waals surface area contributed by atoms with Crippen LogP contribution in [-0.2, 0) is 57.6 Å². The highest BCUT2D eigenvalue weighted by Crippen LogP contribution is 2.42. The topological polar surface area (TPSA) is 109 Å². The average molecular weight is 1210 g/mol. The summed E-state index contributed by atoms with van der Waals surface area (Å²) >= 11 is 0. The van der Waals surface area contributed by atoms with Crippen molar-refractivity contribution in [3.05, 3.63) is 318 Å². The van der Waals surface area contributed by atoms with Crippen LogP contribution in [0.5, 0.6) is 51.7 Å². The molecule has 11 rings (SSSR count). The molecule has 0 amide bonds. The predicted molar refractivity (Wildman–Crippen MR) is 353 cm³/mol. The summed E-state index contributed by atoms with van der Waals surface area (Å²) in [4.78, 5) is 15.2. The third-order valence-corrected chi connectivity index (χ3v) is 13.2. The Bertz CT molecular complexity index is 3490. The highest BCUT2D eigenvalue weighted by atomic mass is 19.3. The van der Waals surface area contributed by atoms with Gasteiger partial charge in [0.1, 0.15) is 70.1 Å². The Kier molecular flexibility index (Phi) is 28.8. The van der Waals surface area contributed by atoms with Gasteiger partial charge in [0.15, 0.2) is 23.0 Å². The fourth-order valence-corrected chi connectivity index (χ4v) is 8.86. The van der Waals surface area contributed by atoms with Crippen molar-refractivity contribution in [2.24, 2.45) is 0 Å². The second-order valence-electron chi connectivity index (χ2n) is 19.6. The lowest BCUT2D eigenvalue weighted by Crippen LogP contribution is -2.11. The summed E-state index contributed by atoms with van der Waals surface area (Å²) in [6, 6.07) is 82.0. The molecule has 0 atom stereocenters. The van der Waals surface area contributed by atoms with E-state index in [4.69, 9.17) is 42.6 Å². The molecule has 0 spiro atoms. The molecular weight excluding hydrogens is 1130 g/mol. The number of hydrogen-bond acceptors (Lipinski definition) is 11. The Morgan fingerprint density at radius 3 is 1.10 bits per heavy atom. The standard InChI is InChI=1S/C27H24O3.C24H21FO5.C23H22O3.2C2H6/c1-4-11-22(12-5-1)19-28-25-17-10-18-26(29-20-23-13-6-2-7-14-23)27(25)30-21-24-15-8-3-9-16-24;1-2-13-27-23-21(28-16-18-9-5-3-6-10-18)14-20(24(26)30-25)15-22(23)29-17-19-11-7-4-8-12-19;1-3-8-18(9-4-1)16-25-20-14-22-21(12-7-13-24-22)23(15-20)26-17-19-10-5-2-6-11-19;2*1-2/h1-18H,19-21H2;2-12,14-15H,1,13,16-17H2;1-6,8-11,14-15H,7,12-13,16-17H2;2*1-2H3. The van der Waals surface area contributed by atoms with Crippen molar-refractivity contribution in [1.82, 2.24) is 0 Å². The van der Waals surface area contributed by atoms with Gasteiger partial charge in [-0.1, -0.05) is 259 Å². The molecule has 10 aromatic rings. The summed E-state index contributed by atoms with van der Waals surface area (Å²) in [7, 11) is 0. The van der Waals surface area contributed by atoms with Gasteiger partial charge in [-0.25, -0.2) is 9.74 Å². The molecule has 1 aliphatic rings. The number of benzene rings is 10. The van der Waals surface area contributed by atoms with Crippen molar-refractivity contribution in [2.45, 2.75) is 86.8 Å². The van der Waals surface area contributed by atoms with E-state index >= 15 is 0 Å². The van der Waals surface area contributed by atoms with Gasteiger partial charge in [0.2, 0.25) is 11.5 Å². The van der Waals surface area contributed by atoms with Crippen molar-refractivity contribution in [3.8, 4) is 51.7 Å². The summed E-state index contributed by atoms with van der Waals surface area (Å²) < 4.78 is 66.4. The Hall–Kier alpha value is -10.5. The van der Waals surface area contributed by atoms with Crippen molar-refractivity contribution in [2.75, 3.05) is 13.2 Å². The molecule has 10 aromatic carbocycles. The van der Waals surface area contributed by atoms with E-state index in [1.165, 1.54) is 12.1 Å². The number of carbonyl (C=O) groups is 1. The summed E-state index contributed by atoms with van der Waals surface area (Å²) in [6.07, 6.45) is 3.56. The number of rotatable bonds is 25. The minimum atomic E-state index is -1.15. The van der Waals surface area contributed by atoms with Crippen LogP contribution in [0.25, 0.3) is 0 Å². The number of fused-ring (bicyclic) bond motifs is 1. The molecule has 90 heavy (non-hydrogen) atoms. The molecule has 464 valence electrons. The molecule has 0 radical (unpaired) electrons. The molecule has 0 N–H and O–H groups in total. The molecule has 0 aliphatic carbocycles. The smallest absolute Gasteiger partial charge is 0.379 e. The van der Waals surface area contributed by atoms with Crippen molar-refractivity contribution < 1.29 is 56.9 Å². The van der Waals surface area contributed by atoms with Crippen LogP contribution in [0.2, 0.25) is 0 Å². The van der Waals surface area contributed by atoms with Crippen LogP contribution in [0.1, 0.15) is 89.0 Å². The second kappa shape index (κ2) is 38.6. The van der Waals surface area contributed by atoms with Gasteiger partial charge < -0.3 is 42.6 Å². The second-order valence-corrected chi connectivity index (χ2v) is 19.6. The number of para-hydroxylation sites is 1. The zero-order valence-electron chi connectivity index (χ0n) is 51.7. The highest BCUT2D eigenvalue weighted by molar-refractivity contribution is 5.90. The molecule has 0 saturated heterocycles. The molecule has 1 heterocycles. The lowest BCUT2D eigenvalue weighted by Gasteiger charge is -2.22. The highest BCUT2D eigenvalue weighted by Gasteiger charge is 2.22. The molecule has 0 bridgehead atoms. The van der Waals surface area contributed by atoms with E-state index in [2.05, 4.69) is 35.8 Å². The largest absolute Gasteiger partial charge is 0.493 e. The molecule has 0 saturated carbocycles. The maximum atomic E-state index is 12.6. The Morgan fingerprint density at radius 1 is 0.400 bits per heavy atom. The van der Waals surface area contributed by atoms with Crippen LogP contribution in [-0.4, -0.2) is 19.2 Å². The van der Waals surface area contributed by atoms with Crippen LogP contribution < -0.4 is 42.6 Å². The molecule has 1 aliphatic heterocycles. The zero-order valence-corrected chi connectivity index (χ0v) is 51.7. The van der Waals surface area contributed by atoms with Crippen molar-refractivity contribution >= 4 is 5.97 Å². The first-order valence-corrected chi connectivity index (χ1v) is 30.3. The van der Waals surface area contributed by atoms with Gasteiger partial charge in [0.05, 0.1) is 12.2 Å². The maximum Gasteiger partial charge on any atom is 0.379 e. The first-order chi connectivity index (χ1) is 44.5. The number of halogens is 1. The van der Waals surface area contributed by atoms with Gasteiger partial charge in [-0.05, 0) is 76.1 Å². The third-order valence-electron chi connectivity index (χ3n) is 13.2.